The first kappa shape index (κ1) is 20.4. The van der Waals surface area contributed by atoms with Crippen molar-refractivity contribution in [3.63, 3.8) is 0 Å². The number of nitrogens with zero attached hydrogens (tertiary/aromatic N) is 2. The molecule has 2 aromatic carbocycles. The van der Waals surface area contributed by atoms with E-state index in [0.29, 0.717) is 18.8 Å². The third-order valence-electron chi connectivity index (χ3n) is 5.16. The molecule has 0 radical (unpaired) electrons. The summed E-state index contributed by atoms with van der Waals surface area (Å²) in [7, 11) is -3.53. The molecule has 0 N–H and O–H groups in total. The highest BCUT2D eigenvalue weighted by molar-refractivity contribution is 7.89. The fourth-order valence-electron chi connectivity index (χ4n) is 3.15. The summed E-state index contributed by atoms with van der Waals surface area (Å²) in [5.41, 5.74) is 3.14. The van der Waals surface area contributed by atoms with Crippen LogP contribution in [0.4, 0.5) is 0 Å². The number of amides is 1. The van der Waals surface area contributed by atoms with Crippen LogP contribution < -0.4 is 4.74 Å². The maximum atomic E-state index is 12.8. The first-order valence-electron chi connectivity index (χ1n) is 9.32. The van der Waals surface area contributed by atoms with E-state index in [1.807, 2.05) is 39.0 Å². The Morgan fingerprint density at radius 1 is 0.964 bits per heavy atom. The van der Waals surface area contributed by atoms with Crippen molar-refractivity contribution in [2.45, 2.75) is 25.7 Å². The molecule has 150 valence electrons. The quantitative estimate of drug-likeness (QED) is 0.771. The third-order valence-corrected chi connectivity index (χ3v) is 7.07. The minimum absolute atomic E-state index is 0.0466. The van der Waals surface area contributed by atoms with Crippen LogP contribution in [0, 0.1) is 20.8 Å². The second kappa shape index (κ2) is 8.32. The average Bonchev–Trinajstić information content (AvgIpc) is 2.69. The summed E-state index contributed by atoms with van der Waals surface area (Å²) in [6.07, 6.45) is 0. The van der Waals surface area contributed by atoms with Crippen LogP contribution in [0.3, 0.4) is 0 Å². The number of sulfonamides is 1. The van der Waals surface area contributed by atoms with Gasteiger partial charge in [0.15, 0.2) is 6.61 Å². The van der Waals surface area contributed by atoms with E-state index in [1.54, 1.807) is 29.2 Å². The molecular weight excluding hydrogens is 376 g/mol. The van der Waals surface area contributed by atoms with Crippen LogP contribution in [-0.4, -0.2) is 56.3 Å². The molecule has 3 rings (SSSR count). The van der Waals surface area contributed by atoms with E-state index in [1.165, 1.54) is 4.31 Å². The lowest BCUT2D eigenvalue weighted by atomic mass is 10.1. The van der Waals surface area contributed by atoms with Gasteiger partial charge < -0.3 is 9.64 Å². The lowest BCUT2D eigenvalue weighted by molar-refractivity contribution is -0.134. The summed E-state index contributed by atoms with van der Waals surface area (Å²) >= 11 is 0. The SMILES string of the molecule is Cc1ccc(S(=O)(=O)N2CCN(C(=O)COc3cccc(C)c3C)CC2)cc1. The Balaban J connectivity index is 1.56. The predicted molar refractivity (Wildman–Crippen MR) is 108 cm³/mol. The van der Waals surface area contributed by atoms with Crippen molar-refractivity contribution in [1.29, 1.82) is 0 Å². The van der Waals surface area contributed by atoms with E-state index in [0.717, 1.165) is 16.7 Å². The molecule has 0 saturated carbocycles. The summed E-state index contributed by atoms with van der Waals surface area (Å²) < 4.78 is 32.6. The Morgan fingerprint density at radius 2 is 1.61 bits per heavy atom. The third kappa shape index (κ3) is 4.36. The second-order valence-corrected chi connectivity index (χ2v) is 9.02. The van der Waals surface area contributed by atoms with Crippen molar-refractivity contribution in [1.82, 2.24) is 9.21 Å². The molecule has 0 spiro atoms. The number of carbonyl (C=O) groups is 1. The van der Waals surface area contributed by atoms with Crippen LogP contribution in [0.15, 0.2) is 47.4 Å². The molecule has 0 atom stereocenters. The molecule has 0 aromatic heterocycles. The van der Waals surface area contributed by atoms with Crippen molar-refractivity contribution >= 4 is 15.9 Å². The molecule has 0 aliphatic carbocycles. The zero-order valence-corrected chi connectivity index (χ0v) is 17.3. The van der Waals surface area contributed by atoms with Gasteiger partial charge in [-0.1, -0.05) is 29.8 Å². The molecule has 1 aliphatic heterocycles. The Hall–Kier alpha value is -2.38. The first-order chi connectivity index (χ1) is 13.3. The lowest BCUT2D eigenvalue weighted by Gasteiger charge is -2.34. The molecule has 1 amide bonds. The molecule has 0 bridgehead atoms. The van der Waals surface area contributed by atoms with Crippen molar-refractivity contribution in [3.05, 3.63) is 59.2 Å². The zero-order chi connectivity index (χ0) is 20.3. The normalized spacial score (nSPS) is 15.5. The average molecular weight is 403 g/mol. The van der Waals surface area contributed by atoms with Gasteiger partial charge in [-0.25, -0.2) is 8.42 Å². The molecule has 1 fully saturated rings. The summed E-state index contributed by atoms with van der Waals surface area (Å²) in [5, 5.41) is 0. The Bertz CT molecular complexity index is 947. The van der Waals surface area contributed by atoms with Crippen LogP contribution in [0.5, 0.6) is 5.75 Å². The Kier molecular flexibility index (Phi) is 6.05. The molecule has 28 heavy (non-hydrogen) atoms. The summed E-state index contributed by atoms with van der Waals surface area (Å²) in [6, 6.07) is 12.6. The van der Waals surface area contributed by atoms with Crippen molar-refractivity contribution in [3.8, 4) is 5.75 Å². The highest BCUT2D eigenvalue weighted by Gasteiger charge is 2.30. The van der Waals surface area contributed by atoms with Crippen molar-refractivity contribution in [2.24, 2.45) is 0 Å². The summed E-state index contributed by atoms with van der Waals surface area (Å²) in [4.78, 5) is 14.4. The summed E-state index contributed by atoms with van der Waals surface area (Å²) in [5.74, 6) is 0.572. The van der Waals surface area contributed by atoms with Gasteiger partial charge in [-0.2, -0.15) is 4.31 Å². The monoisotopic (exact) mass is 402 g/mol. The van der Waals surface area contributed by atoms with Gasteiger partial charge in [-0.15, -0.1) is 0 Å². The van der Waals surface area contributed by atoms with Gasteiger partial charge in [-0.05, 0) is 50.1 Å². The largest absolute Gasteiger partial charge is 0.483 e. The van der Waals surface area contributed by atoms with Gasteiger partial charge in [0.1, 0.15) is 5.75 Å². The topological polar surface area (TPSA) is 66.9 Å². The number of piperazine rings is 1. The lowest BCUT2D eigenvalue weighted by Crippen LogP contribution is -2.51. The maximum absolute atomic E-state index is 12.8. The van der Waals surface area contributed by atoms with Crippen molar-refractivity contribution < 1.29 is 17.9 Å². The van der Waals surface area contributed by atoms with E-state index in [4.69, 9.17) is 4.74 Å². The second-order valence-electron chi connectivity index (χ2n) is 7.08. The van der Waals surface area contributed by atoms with Crippen LogP contribution >= 0.6 is 0 Å². The molecule has 7 heteroatoms. The van der Waals surface area contributed by atoms with Gasteiger partial charge in [-0.3, -0.25) is 4.79 Å². The molecule has 0 unspecified atom stereocenters. The van der Waals surface area contributed by atoms with E-state index < -0.39 is 10.0 Å². The molecule has 1 saturated heterocycles. The molecule has 1 aliphatic rings. The molecule has 2 aromatic rings. The van der Waals surface area contributed by atoms with Gasteiger partial charge >= 0.3 is 0 Å². The highest BCUT2D eigenvalue weighted by Crippen LogP contribution is 2.21. The standard InChI is InChI=1S/C21H26N2O4S/c1-16-7-9-19(10-8-16)28(25,26)23-13-11-22(12-14-23)21(24)15-27-20-6-4-5-17(2)18(20)3/h4-10H,11-15H2,1-3H3. The number of hydrogen-bond donors (Lipinski definition) is 0. The number of hydrogen-bond acceptors (Lipinski definition) is 4. The first-order valence-corrected chi connectivity index (χ1v) is 10.8. The number of carbonyl (C=O) groups excluding carboxylic acids is 1. The van der Waals surface area contributed by atoms with Crippen LogP contribution in [-0.2, 0) is 14.8 Å². The van der Waals surface area contributed by atoms with Crippen molar-refractivity contribution in [2.75, 3.05) is 32.8 Å². The number of benzene rings is 2. The minimum atomic E-state index is -3.53. The fraction of sp³-hybridized carbons (Fsp3) is 0.381. The van der Waals surface area contributed by atoms with E-state index in [-0.39, 0.29) is 30.5 Å². The zero-order valence-electron chi connectivity index (χ0n) is 16.5. The van der Waals surface area contributed by atoms with E-state index in [2.05, 4.69) is 0 Å². The molecular formula is C21H26N2O4S. The number of ether oxygens (including phenoxy) is 1. The molecule has 6 nitrogen and oxygen atoms in total. The Morgan fingerprint density at radius 3 is 2.25 bits per heavy atom. The number of rotatable bonds is 5. The van der Waals surface area contributed by atoms with E-state index >= 15 is 0 Å². The van der Waals surface area contributed by atoms with E-state index in [9.17, 15) is 13.2 Å². The van der Waals surface area contributed by atoms with Gasteiger partial charge in [0, 0.05) is 26.2 Å². The fourth-order valence-corrected chi connectivity index (χ4v) is 4.57. The van der Waals surface area contributed by atoms with Crippen LogP contribution in [0.25, 0.3) is 0 Å². The van der Waals surface area contributed by atoms with Gasteiger partial charge in [0.25, 0.3) is 5.91 Å². The predicted octanol–water partition coefficient (Wildman–Crippen LogP) is 2.52. The smallest absolute Gasteiger partial charge is 0.260 e. The maximum Gasteiger partial charge on any atom is 0.260 e. The highest BCUT2D eigenvalue weighted by atomic mass is 32.2. The molecule has 1 heterocycles. The minimum Gasteiger partial charge on any atom is -0.483 e. The van der Waals surface area contributed by atoms with Crippen LogP contribution in [0.1, 0.15) is 16.7 Å². The van der Waals surface area contributed by atoms with Gasteiger partial charge in [0.05, 0.1) is 4.90 Å². The number of aryl methyl sites for hydroxylation is 2. The summed E-state index contributed by atoms with van der Waals surface area (Å²) in [6.45, 7) is 7.12. The van der Waals surface area contributed by atoms with Crippen LogP contribution in [0.2, 0.25) is 0 Å². The Labute approximate surface area is 166 Å². The van der Waals surface area contributed by atoms with Gasteiger partial charge in [0.2, 0.25) is 10.0 Å².